The van der Waals surface area contributed by atoms with Crippen LogP contribution in [0.25, 0.3) is 22.0 Å². The van der Waals surface area contributed by atoms with Crippen LogP contribution in [0.5, 0.6) is 0 Å². The molecule has 168 valence electrons. The Kier molecular flexibility index (Phi) is 6.57. The Balaban J connectivity index is 0.00000289. The van der Waals surface area contributed by atoms with Gasteiger partial charge in [0.1, 0.15) is 11.4 Å². The van der Waals surface area contributed by atoms with Gasteiger partial charge in [-0.2, -0.15) is 26.3 Å². The molecule has 4 aromatic rings. The Labute approximate surface area is 193 Å². The summed E-state index contributed by atoms with van der Waals surface area (Å²) in [5.41, 5.74) is -1.35. The number of nitrogens with zero attached hydrogens (tertiary/aromatic N) is 1. The van der Waals surface area contributed by atoms with Crippen LogP contribution in [0.4, 0.5) is 37.2 Å². The van der Waals surface area contributed by atoms with E-state index in [4.69, 9.17) is 0 Å². The molecule has 0 aliphatic heterocycles. The Bertz CT molecular complexity index is 1230. The average molecular weight is 533 g/mol. The minimum atomic E-state index is -4.90. The molecule has 1 heterocycles. The van der Waals surface area contributed by atoms with Gasteiger partial charge in [0.15, 0.2) is 0 Å². The van der Waals surface area contributed by atoms with E-state index in [0.29, 0.717) is 17.3 Å². The number of anilines is 2. The summed E-state index contributed by atoms with van der Waals surface area (Å²) in [5.74, 6) is 0. The van der Waals surface area contributed by atoms with Crippen molar-refractivity contribution < 1.29 is 47.9 Å². The molecular formula is C22H15BrF6N2S. The number of aromatic nitrogens is 1. The number of benzene rings is 3. The number of fused-ring (bicyclic) bond motifs is 1. The molecule has 1 N–H and O–H groups in total. The van der Waals surface area contributed by atoms with Crippen molar-refractivity contribution in [1.29, 1.82) is 0 Å². The van der Waals surface area contributed by atoms with Crippen LogP contribution in [-0.2, 0) is 19.4 Å². The van der Waals surface area contributed by atoms with Gasteiger partial charge in [-0.25, -0.2) is 9.88 Å². The van der Waals surface area contributed by atoms with Gasteiger partial charge in [-0.1, -0.05) is 47.7 Å². The van der Waals surface area contributed by atoms with Crippen LogP contribution in [0.3, 0.4) is 0 Å². The van der Waals surface area contributed by atoms with Crippen LogP contribution >= 0.6 is 11.3 Å². The molecule has 0 unspecified atom stereocenters. The zero-order chi connectivity index (χ0) is 22.4. The van der Waals surface area contributed by atoms with Gasteiger partial charge >= 0.3 is 17.5 Å². The fourth-order valence-corrected chi connectivity index (χ4v) is 4.20. The first-order valence-corrected chi connectivity index (χ1v) is 9.93. The van der Waals surface area contributed by atoms with Crippen molar-refractivity contribution in [3.05, 3.63) is 77.2 Å². The highest BCUT2D eigenvalue weighted by atomic mass is 79.9. The quantitative estimate of drug-likeness (QED) is 0.309. The predicted molar refractivity (Wildman–Crippen MR) is 108 cm³/mol. The molecule has 0 aliphatic rings. The van der Waals surface area contributed by atoms with Gasteiger partial charge in [-0.05, 0) is 35.0 Å². The number of rotatable bonds is 3. The lowest BCUT2D eigenvalue weighted by Gasteiger charge is -2.12. The Morgan fingerprint density at radius 1 is 0.781 bits per heavy atom. The number of hydrogen-bond donors (Lipinski definition) is 1. The summed E-state index contributed by atoms with van der Waals surface area (Å²) in [6.07, 6.45) is -9.79. The molecule has 0 radical (unpaired) electrons. The van der Waals surface area contributed by atoms with E-state index in [1.807, 2.05) is 42.5 Å². The first-order chi connectivity index (χ1) is 14.5. The number of halogens is 7. The van der Waals surface area contributed by atoms with Crippen LogP contribution < -0.4 is 26.9 Å². The standard InChI is InChI=1S/C22H14F6N2S.BrH/c1-30-19(15-7-6-13-4-2-3-5-14(13)8-15)12-31-20(30)29-18-10-16(21(23,24)25)9-17(11-18)22(26,27)28;/h2-12H,1H3;1H. The van der Waals surface area contributed by atoms with E-state index < -0.39 is 23.5 Å². The molecule has 4 rings (SSSR count). The fraction of sp³-hybridized carbons (Fsp3) is 0.136. The summed E-state index contributed by atoms with van der Waals surface area (Å²) >= 11 is 1.19. The first-order valence-electron chi connectivity index (χ1n) is 9.05. The van der Waals surface area contributed by atoms with E-state index in [0.717, 1.165) is 22.0 Å². The number of thiazole rings is 1. The van der Waals surface area contributed by atoms with Crippen molar-refractivity contribution >= 4 is 32.9 Å². The van der Waals surface area contributed by atoms with E-state index >= 15 is 0 Å². The van der Waals surface area contributed by atoms with Gasteiger partial charge < -0.3 is 17.0 Å². The summed E-state index contributed by atoms with van der Waals surface area (Å²) in [5, 5.41) is 6.98. The van der Waals surface area contributed by atoms with Gasteiger partial charge in [0, 0.05) is 10.9 Å². The van der Waals surface area contributed by atoms with Crippen LogP contribution in [0.15, 0.2) is 66.0 Å². The molecule has 0 atom stereocenters. The number of alkyl halides is 6. The van der Waals surface area contributed by atoms with Crippen molar-refractivity contribution in [3.63, 3.8) is 0 Å². The van der Waals surface area contributed by atoms with Crippen LogP contribution in [0, 0.1) is 0 Å². The fourth-order valence-electron chi connectivity index (χ4n) is 3.25. The van der Waals surface area contributed by atoms with Gasteiger partial charge in [-0.3, -0.25) is 0 Å². The van der Waals surface area contributed by atoms with Gasteiger partial charge in [0.05, 0.1) is 18.2 Å². The first kappa shape index (κ1) is 24.1. The summed E-state index contributed by atoms with van der Waals surface area (Å²) in [6.45, 7) is 0. The maximum atomic E-state index is 13.1. The maximum absolute atomic E-state index is 13.1. The lowest BCUT2D eigenvalue weighted by Crippen LogP contribution is -3.00. The Morgan fingerprint density at radius 2 is 1.38 bits per heavy atom. The third-order valence-corrected chi connectivity index (χ3v) is 5.77. The van der Waals surface area contributed by atoms with E-state index in [2.05, 4.69) is 5.32 Å². The number of nitrogens with one attached hydrogen (secondary N) is 1. The predicted octanol–water partition coefficient (Wildman–Crippen LogP) is 4.18. The molecular weight excluding hydrogens is 518 g/mol. The van der Waals surface area contributed by atoms with Gasteiger partial charge in [0.2, 0.25) is 0 Å². The summed E-state index contributed by atoms with van der Waals surface area (Å²) in [4.78, 5) is 0. The van der Waals surface area contributed by atoms with Gasteiger partial charge in [-0.15, -0.1) is 0 Å². The maximum Gasteiger partial charge on any atom is 0.416 e. The minimum Gasteiger partial charge on any atom is -1.00 e. The van der Waals surface area contributed by atoms with Crippen molar-refractivity contribution in [2.45, 2.75) is 12.4 Å². The van der Waals surface area contributed by atoms with E-state index in [1.165, 1.54) is 11.3 Å². The molecule has 0 spiro atoms. The van der Waals surface area contributed by atoms with Crippen LogP contribution in [-0.4, -0.2) is 0 Å². The SMILES string of the molecule is C[n+]1c(-c2ccc3ccccc3c2)csc1Nc1cc(C(F)(F)F)cc(C(F)(F)F)c1.[Br-]. The molecule has 32 heavy (non-hydrogen) atoms. The van der Waals surface area contributed by atoms with Crippen LogP contribution in [0.1, 0.15) is 11.1 Å². The van der Waals surface area contributed by atoms with Crippen molar-refractivity contribution in [2.75, 3.05) is 5.32 Å². The Morgan fingerprint density at radius 3 is 1.97 bits per heavy atom. The second-order valence-corrected chi connectivity index (χ2v) is 7.82. The summed E-state index contributed by atoms with van der Waals surface area (Å²) in [6, 6.07) is 15.1. The molecule has 10 heteroatoms. The average Bonchev–Trinajstić information content (AvgIpc) is 3.06. The molecule has 2 nitrogen and oxygen atoms in total. The third-order valence-electron chi connectivity index (χ3n) is 4.83. The molecule has 0 saturated carbocycles. The molecule has 0 amide bonds. The molecule has 0 fully saturated rings. The second-order valence-electron chi connectivity index (χ2n) is 6.97. The highest BCUT2D eigenvalue weighted by Gasteiger charge is 2.37. The molecule has 0 aliphatic carbocycles. The second kappa shape index (κ2) is 8.74. The monoisotopic (exact) mass is 532 g/mol. The lowest BCUT2D eigenvalue weighted by molar-refractivity contribution is -0.641. The molecule has 1 aromatic heterocycles. The summed E-state index contributed by atoms with van der Waals surface area (Å²) in [7, 11) is 1.70. The van der Waals surface area contributed by atoms with Gasteiger partial charge in [0.25, 0.3) is 0 Å². The topological polar surface area (TPSA) is 15.9 Å². The van der Waals surface area contributed by atoms with E-state index in [9.17, 15) is 26.3 Å². The van der Waals surface area contributed by atoms with E-state index in [1.54, 1.807) is 17.0 Å². The summed E-state index contributed by atoms with van der Waals surface area (Å²) < 4.78 is 80.4. The number of hydrogen-bond acceptors (Lipinski definition) is 2. The highest BCUT2D eigenvalue weighted by Crippen LogP contribution is 2.38. The molecule has 3 aromatic carbocycles. The highest BCUT2D eigenvalue weighted by molar-refractivity contribution is 7.13. The lowest BCUT2D eigenvalue weighted by atomic mass is 10.1. The molecule has 0 saturated heterocycles. The Hall–Kier alpha value is -2.59. The smallest absolute Gasteiger partial charge is 0.416 e. The zero-order valence-electron chi connectivity index (χ0n) is 16.4. The zero-order valence-corrected chi connectivity index (χ0v) is 18.8. The minimum absolute atomic E-state index is 0. The third kappa shape index (κ3) is 4.91. The van der Waals surface area contributed by atoms with Crippen molar-refractivity contribution in [1.82, 2.24) is 0 Å². The molecule has 0 bridgehead atoms. The van der Waals surface area contributed by atoms with E-state index in [-0.39, 0.29) is 28.7 Å². The normalized spacial score (nSPS) is 12.0. The van der Waals surface area contributed by atoms with Crippen LogP contribution in [0.2, 0.25) is 0 Å². The van der Waals surface area contributed by atoms with Crippen molar-refractivity contribution in [2.24, 2.45) is 7.05 Å². The van der Waals surface area contributed by atoms with Crippen molar-refractivity contribution in [3.8, 4) is 11.3 Å². The largest absolute Gasteiger partial charge is 1.00 e.